The third-order valence-corrected chi connectivity index (χ3v) is 18.7. The van der Waals surface area contributed by atoms with Crippen LogP contribution in [0.2, 0.25) is 0 Å². The van der Waals surface area contributed by atoms with Gasteiger partial charge in [-0.3, -0.25) is 0 Å². The Labute approximate surface area is 390 Å². The highest BCUT2D eigenvalue weighted by atomic mass is 16.5. The molecule has 8 unspecified atom stereocenters. The van der Waals surface area contributed by atoms with Gasteiger partial charge in [0.25, 0.3) is 0 Å². The van der Waals surface area contributed by atoms with Gasteiger partial charge in [0.05, 0.1) is 11.5 Å². The zero-order valence-electron chi connectivity index (χ0n) is 39.1. The largest absolute Gasteiger partial charge is 0.485 e. The maximum absolute atomic E-state index is 6.88. The fourth-order valence-electron chi connectivity index (χ4n) is 15.9. The molecule has 2 heteroatoms. The number of fused-ring (bicyclic) bond motifs is 5. The summed E-state index contributed by atoms with van der Waals surface area (Å²) >= 11 is 0. The van der Waals surface area contributed by atoms with Crippen LogP contribution in [0.1, 0.15) is 148 Å². The van der Waals surface area contributed by atoms with Crippen molar-refractivity contribution in [1.82, 2.24) is 4.90 Å². The van der Waals surface area contributed by atoms with E-state index in [1.165, 1.54) is 146 Å². The molecule has 0 saturated heterocycles. The molecule has 334 valence electrons. The first-order valence-corrected chi connectivity index (χ1v) is 26.8. The zero-order chi connectivity index (χ0) is 42.9. The predicted molar refractivity (Wildman–Crippen MR) is 268 cm³/mol. The molecule has 0 aromatic rings. The second-order valence-corrected chi connectivity index (χ2v) is 21.9. The van der Waals surface area contributed by atoms with Gasteiger partial charge < -0.3 is 9.64 Å². The Morgan fingerprint density at radius 1 is 0.631 bits per heavy atom. The fourth-order valence-corrected chi connectivity index (χ4v) is 15.9. The molecule has 13 rings (SSSR count). The molecule has 0 amide bonds. The van der Waals surface area contributed by atoms with Crippen molar-refractivity contribution in [2.45, 2.75) is 166 Å². The lowest BCUT2D eigenvalue weighted by Gasteiger charge is -2.49. The summed E-state index contributed by atoms with van der Waals surface area (Å²) in [4.78, 5) is 3.10. The number of allylic oxidation sites excluding steroid dienone is 24. The van der Waals surface area contributed by atoms with Gasteiger partial charge in [0, 0.05) is 23.6 Å². The molecule has 8 atom stereocenters. The standard InChI is InChI=1S/C63H71NO/c1-4-16-43(17-5-1)53-25-14-26-54-56-41-45(34-39-60(56)65-62(53)54)42-32-35-49(36-33-42)64(50-37-38-52-46(40-50)31-30-44-18-10-11-23-51(44)52)59-29-15-28-58-61(59)55-24-12-13-27-57(55)63(58,47-19-6-2-7-20-47)48-21-8-3-9-22-48/h1-2,4,6,10,12,15,18-19,21,24-25,28-29,34-35,39,41-43,50,56,59-61H,3,5,7-9,11,13-14,16-17,20,22-23,26-27,30-33,36-38,40H2. The molecule has 0 bridgehead atoms. The second kappa shape index (κ2) is 16.9. The van der Waals surface area contributed by atoms with E-state index in [4.69, 9.17) is 4.74 Å². The summed E-state index contributed by atoms with van der Waals surface area (Å²) in [6.45, 7) is 0. The quantitative estimate of drug-likeness (QED) is 0.237. The van der Waals surface area contributed by atoms with E-state index >= 15 is 0 Å². The minimum absolute atomic E-state index is 0.0427. The lowest BCUT2D eigenvalue weighted by Crippen LogP contribution is -2.48. The van der Waals surface area contributed by atoms with Gasteiger partial charge in [0.1, 0.15) is 11.9 Å². The van der Waals surface area contributed by atoms with Crippen LogP contribution in [0, 0.1) is 29.1 Å². The van der Waals surface area contributed by atoms with Gasteiger partial charge in [-0.1, -0.05) is 120 Å². The summed E-state index contributed by atoms with van der Waals surface area (Å²) in [5, 5.41) is 0. The summed E-state index contributed by atoms with van der Waals surface area (Å²) in [5.41, 5.74) is 21.8. The third kappa shape index (κ3) is 6.75. The normalized spacial score (nSPS) is 35.8. The molecule has 1 heterocycles. The first-order valence-electron chi connectivity index (χ1n) is 26.8. The van der Waals surface area contributed by atoms with Crippen LogP contribution in [-0.4, -0.2) is 23.1 Å². The zero-order valence-corrected chi connectivity index (χ0v) is 39.1. The highest BCUT2D eigenvalue weighted by Crippen LogP contribution is 2.66. The molecule has 13 aliphatic rings. The molecule has 0 N–H and O–H groups in total. The van der Waals surface area contributed by atoms with Crippen LogP contribution in [0.4, 0.5) is 0 Å². The number of nitrogens with zero attached hydrogens (tertiary/aromatic N) is 1. The van der Waals surface area contributed by atoms with Gasteiger partial charge in [-0.05, 0) is 216 Å². The third-order valence-electron chi connectivity index (χ3n) is 18.7. The molecule has 12 aliphatic carbocycles. The maximum Gasteiger partial charge on any atom is 0.127 e. The van der Waals surface area contributed by atoms with Crippen LogP contribution in [0.25, 0.3) is 0 Å². The van der Waals surface area contributed by atoms with Crippen molar-refractivity contribution in [2.75, 3.05) is 0 Å². The lowest BCUT2D eigenvalue weighted by molar-refractivity contribution is 0.157. The van der Waals surface area contributed by atoms with Gasteiger partial charge in [0.15, 0.2) is 0 Å². The summed E-state index contributed by atoms with van der Waals surface area (Å²) in [7, 11) is 0. The maximum atomic E-state index is 6.88. The predicted octanol–water partition coefficient (Wildman–Crippen LogP) is 16.0. The topological polar surface area (TPSA) is 12.5 Å². The Morgan fingerprint density at radius 3 is 2.46 bits per heavy atom. The Kier molecular flexibility index (Phi) is 10.6. The van der Waals surface area contributed by atoms with Crippen LogP contribution >= 0.6 is 0 Å². The Hall–Kier alpha value is -4.56. The average Bonchev–Trinajstić information content (AvgIpc) is 3.91. The minimum Gasteiger partial charge on any atom is -0.485 e. The average molecular weight is 858 g/mol. The van der Waals surface area contributed by atoms with Crippen molar-refractivity contribution >= 4 is 0 Å². The van der Waals surface area contributed by atoms with Crippen LogP contribution in [0.5, 0.6) is 0 Å². The van der Waals surface area contributed by atoms with E-state index in [1.807, 2.05) is 0 Å². The fraction of sp³-hybridized carbons (Fsp3) is 0.492. The van der Waals surface area contributed by atoms with E-state index in [9.17, 15) is 0 Å². The van der Waals surface area contributed by atoms with Gasteiger partial charge in [-0.15, -0.1) is 0 Å². The minimum atomic E-state index is -0.0427. The van der Waals surface area contributed by atoms with E-state index in [0.29, 0.717) is 35.8 Å². The summed E-state index contributed by atoms with van der Waals surface area (Å²) in [6, 6.07) is 0.871. The van der Waals surface area contributed by atoms with E-state index in [1.54, 1.807) is 67.0 Å². The first kappa shape index (κ1) is 40.7. The summed E-state index contributed by atoms with van der Waals surface area (Å²) < 4.78 is 6.88. The summed E-state index contributed by atoms with van der Waals surface area (Å²) in [6.07, 6.45) is 74.0. The lowest BCUT2D eigenvalue weighted by atomic mass is 9.59. The van der Waals surface area contributed by atoms with Crippen molar-refractivity contribution < 1.29 is 4.74 Å². The van der Waals surface area contributed by atoms with E-state index < -0.39 is 0 Å². The molecule has 0 aromatic carbocycles. The molecule has 0 aromatic heterocycles. The van der Waals surface area contributed by atoms with Crippen molar-refractivity contribution in [2.24, 2.45) is 29.1 Å². The first-order chi connectivity index (χ1) is 32.2. The number of rotatable bonds is 7. The molecule has 2 nitrogen and oxygen atoms in total. The monoisotopic (exact) mass is 858 g/mol. The van der Waals surface area contributed by atoms with Gasteiger partial charge in [-0.2, -0.15) is 0 Å². The highest BCUT2D eigenvalue weighted by Gasteiger charge is 2.56. The van der Waals surface area contributed by atoms with Crippen LogP contribution in [0.15, 0.2) is 188 Å². The van der Waals surface area contributed by atoms with Crippen LogP contribution in [-0.2, 0) is 4.74 Å². The number of ether oxygens (including phenoxy) is 1. The van der Waals surface area contributed by atoms with Crippen molar-refractivity contribution in [3.63, 3.8) is 0 Å². The smallest absolute Gasteiger partial charge is 0.127 e. The SMILES string of the molecule is C1=CCCC(C2(C3=CCCCC3)C3=CC=CC(N(C4=CCC(C5=CC6C7=C(OC6C=C5)C(C5CC=CCC5)=CCC7)CC4)C4CCC5=C(CCC6=C5CCC=C6)C4)C3C3=C2CCC=C3)=C1. The van der Waals surface area contributed by atoms with Gasteiger partial charge in [-0.25, -0.2) is 0 Å². The van der Waals surface area contributed by atoms with Crippen molar-refractivity contribution in [3.05, 3.63) is 188 Å². The molecule has 0 fully saturated rings. The summed E-state index contributed by atoms with van der Waals surface area (Å²) in [5.74, 6) is 3.28. The molecule has 0 radical (unpaired) electrons. The van der Waals surface area contributed by atoms with Crippen LogP contribution in [0.3, 0.4) is 0 Å². The van der Waals surface area contributed by atoms with E-state index in [0.717, 1.165) is 12.8 Å². The second-order valence-electron chi connectivity index (χ2n) is 21.9. The number of hydrogen-bond donors (Lipinski definition) is 0. The molecular weight excluding hydrogens is 787 g/mol. The molecule has 65 heavy (non-hydrogen) atoms. The molecule has 0 saturated carbocycles. The van der Waals surface area contributed by atoms with Gasteiger partial charge >= 0.3 is 0 Å². The van der Waals surface area contributed by atoms with E-state index in [-0.39, 0.29) is 11.5 Å². The Morgan fingerprint density at radius 2 is 1.58 bits per heavy atom. The molecule has 1 aliphatic heterocycles. The van der Waals surface area contributed by atoms with Crippen molar-refractivity contribution in [3.8, 4) is 0 Å². The van der Waals surface area contributed by atoms with Gasteiger partial charge in [0.2, 0.25) is 0 Å². The Balaban J connectivity index is 0.855. The Bertz CT molecular complexity index is 2550. The molecule has 0 spiro atoms. The number of hydrogen-bond acceptors (Lipinski definition) is 2. The van der Waals surface area contributed by atoms with E-state index in [2.05, 4.69) is 114 Å². The van der Waals surface area contributed by atoms with Crippen LogP contribution < -0.4 is 0 Å². The van der Waals surface area contributed by atoms with Crippen molar-refractivity contribution in [1.29, 1.82) is 0 Å². The highest BCUT2D eigenvalue weighted by molar-refractivity contribution is 5.66. The molecular formula is C63H71NO.